The lowest BCUT2D eigenvalue weighted by Gasteiger charge is -2.34. The number of hydrogen-bond donors (Lipinski definition) is 2. The third kappa shape index (κ3) is 5.28. The highest BCUT2D eigenvalue weighted by Gasteiger charge is 2.24. The molecular formula is C25H30N6O2. The molecule has 0 spiro atoms. The Morgan fingerprint density at radius 2 is 1.64 bits per heavy atom. The first-order valence-electron chi connectivity index (χ1n) is 11.3. The highest BCUT2D eigenvalue weighted by atomic mass is 16.2. The van der Waals surface area contributed by atoms with Gasteiger partial charge in [0.1, 0.15) is 17.7 Å². The Morgan fingerprint density at radius 3 is 2.30 bits per heavy atom. The van der Waals surface area contributed by atoms with Gasteiger partial charge in [-0.1, -0.05) is 44.2 Å². The second-order valence-corrected chi connectivity index (χ2v) is 8.71. The topological polar surface area (TPSA) is 104 Å². The van der Waals surface area contributed by atoms with Gasteiger partial charge in [-0.05, 0) is 30.2 Å². The first-order valence-corrected chi connectivity index (χ1v) is 11.3. The van der Waals surface area contributed by atoms with Gasteiger partial charge >= 0.3 is 0 Å². The zero-order chi connectivity index (χ0) is 23.4. The van der Waals surface area contributed by atoms with Gasteiger partial charge in [0.05, 0.1) is 12.1 Å². The van der Waals surface area contributed by atoms with Crippen molar-refractivity contribution in [2.45, 2.75) is 26.4 Å². The first-order chi connectivity index (χ1) is 15.9. The number of piperazine rings is 1. The molecule has 1 fully saturated rings. The predicted molar refractivity (Wildman–Crippen MR) is 129 cm³/mol. The molecule has 0 unspecified atom stereocenters. The standard InChI is InChI=1S/C25H30N6O2/c1-17(2)22(23(26)32)29-24-19-10-6-7-11-20(19)27-21(28-24)16-30-12-14-31(15-13-30)25(33)18-8-4-3-5-9-18/h3-11,17,22H,12-16H2,1-2H3,(H2,26,32)(H,27,28,29)/t22-/m0/s1. The molecule has 0 radical (unpaired) electrons. The summed E-state index contributed by atoms with van der Waals surface area (Å²) in [5, 5.41) is 4.09. The van der Waals surface area contributed by atoms with Crippen LogP contribution in [0.5, 0.6) is 0 Å². The number of carbonyl (C=O) groups excluding carboxylic acids is 2. The van der Waals surface area contributed by atoms with E-state index >= 15 is 0 Å². The Hall–Kier alpha value is -3.52. The normalized spacial score (nSPS) is 15.5. The number of nitrogens with two attached hydrogens (primary N) is 1. The minimum atomic E-state index is -0.524. The molecule has 2 amide bonds. The van der Waals surface area contributed by atoms with E-state index in [1.54, 1.807) is 0 Å². The lowest BCUT2D eigenvalue weighted by molar-refractivity contribution is -0.119. The zero-order valence-electron chi connectivity index (χ0n) is 19.1. The second-order valence-electron chi connectivity index (χ2n) is 8.71. The maximum atomic E-state index is 12.7. The predicted octanol–water partition coefficient (Wildman–Crippen LogP) is 2.51. The van der Waals surface area contributed by atoms with Crippen molar-refractivity contribution in [3.05, 3.63) is 66.0 Å². The van der Waals surface area contributed by atoms with Crippen molar-refractivity contribution < 1.29 is 9.59 Å². The van der Waals surface area contributed by atoms with Gasteiger partial charge in [0.2, 0.25) is 5.91 Å². The van der Waals surface area contributed by atoms with Crippen LogP contribution < -0.4 is 11.1 Å². The number of hydrogen-bond acceptors (Lipinski definition) is 6. The second kappa shape index (κ2) is 9.95. The highest BCUT2D eigenvalue weighted by molar-refractivity contribution is 5.94. The molecule has 8 nitrogen and oxygen atoms in total. The molecule has 3 aromatic rings. The Bertz CT molecular complexity index is 1130. The number of fused-ring (bicyclic) bond motifs is 1. The van der Waals surface area contributed by atoms with Gasteiger partial charge in [-0.3, -0.25) is 14.5 Å². The minimum Gasteiger partial charge on any atom is -0.368 e. The molecule has 0 saturated carbocycles. The van der Waals surface area contributed by atoms with Gasteiger partial charge in [-0.25, -0.2) is 9.97 Å². The number of nitrogens with one attached hydrogen (secondary N) is 1. The fourth-order valence-electron chi connectivity index (χ4n) is 4.09. The van der Waals surface area contributed by atoms with Crippen molar-refractivity contribution in [1.29, 1.82) is 0 Å². The first kappa shape index (κ1) is 22.7. The van der Waals surface area contributed by atoms with Crippen LogP contribution in [0.15, 0.2) is 54.6 Å². The third-order valence-corrected chi connectivity index (χ3v) is 5.96. The van der Waals surface area contributed by atoms with Gasteiger partial charge < -0.3 is 16.0 Å². The van der Waals surface area contributed by atoms with Crippen molar-refractivity contribution >= 4 is 28.5 Å². The molecule has 0 bridgehead atoms. The average molecular weight is 447 g/mol. The summed E-state index contributed by atoms with van der Waals surface area (Å²) in [6.07, 6.45) is 0. The van der Waals surface area contributed by atoms with Crippen molar-refractivity contribution in [1.82, 2.24) is 19.8 Å². The van der Waals surface area contributed by atoms with Crippen LogP contribution in [0.4, 0.5) is 5.82 Å². The van der Waals surface area contributed by atoms with Crippen LogP contribution >= 0.6 is 0 Å². The largest absolute Gasteiger partial charge is 0.368 e. The fourth-order valence-corrected chi connectivity index (χ4v) is 4.09. The van der Waals surface area contributed by atoms with Gasteiger partial charge in [0.15, 0.2) is 0 Å². The van der Waals surface area contributed by atoms with E-state index in [0.717, 1.165) is 24.0 Å². The Labute approximate surface area is 193 Å². The lowest BCUT2D eigenvalue weighted by Crippen LogP contribution is -2.48. The molecule has 1 saturated heterocycles. The molecule has 8 heteroatoms. The number of aromatic nitrogens is 2. The molecule has 33 heavy (non-hydrogen) atoms. The molecule has 2 aromatic carbocycles. The van der Waals surface area contributed by atoms with Gasteiger partial charge in [0, 0.05) is 37.1 Å². The monoisotopic (exact) mass is 446 g/mol. The summed E-state index contributed by atoms with van der Waals surface area (Å²) < 4.78 is 0. The van der Waals surface area contributed by atoms with Crippen molar-refractivity contribution in [2.24, 2.45) is 11.7 Å². The van der Waals surface area contributed by atoms with Crippen LogP contribution in [-0.4, -0.2) is 63.8 Å². The summed E-state index contributed by atoms with van der Waals surface area (Å²) in [6, 6.07) is 16.6. The molecule has 172 valence electrons. The average Bonchev–Trinajstić information content (AvgIpc) is 2.82. The number of carbonyl (C=O) groups is 2. The van der Waals surface area contributed by atoms with Crippen LogP contribution in [-0.2, 0) is 11.3 Å². The summed E-state index contributed by atoms with van der Waals surface area (Å²) in [4.78, 5) is 38.3. The number of anilines is 1. The third-order valence-electron chi connectivity index (χ3n) is 5.96. The molecule has 1 aromatic heterocycles. The lowest BCUT2D eigenvalue weighted by atomic mass is 10.0. The van der Waals surface area contributed by atoms with Crippen molar-refractivity contribution in [3.63, 3.8) is 0 Å². The summed E-state index contributed by atoms with van der Waals surface area (Å²) in [5.74, 6) is 0.968. The van der Waals surface area contributed by atoms with Crippen LogP contribution in [0, 0.1) is 5.92 Å². The maximum absolute atomic E-state index is 12.7. The molecule has 1 aliphatic heterocycles. The fraction of sp³-hybridized carbons (Fsp3) is 0.360. The maximum Gasteiger partial charge on any atom is 0.253 e. The van der Waals surface area contributed by atoms with E-state index in [1.165, 1.54) is 0 Å². The van der Waals surface area contributed by atoms with Crippen LogP contribution in [0.1, 0.15) is 30.0 Å². The Balaban J connectivity index is 1.48. The number of nitrogens with zero attached hydrogens (tertiary/aromatic N) is 4. The molecular weight excluding hydrogens is 416 g/mol. The molecule has 1 atom stereocenters. The number of amides is 2. The molecule has 3 N–H and O–H groups in total. The quantitative estimate of drug-likeness (QED) is 0.578. The van der Waals surface area contributed by atoms with Crippen LogP contribution in [0.3, 0.4) is 0 Å². The van der Waals surface area contributed by atoms with Gasteiger partial charge in [0.25, 0.3) is 5.91 Å². The minimum absolute atomic E-state index is 0.0231. The van der Waals surface area contributed by atoms with E-state index in [4.69, 9.17) is 15.7 Å². The number of benzene rings is 2. The van der Waals surface area contributed by atoms with Crippen molar-refractivity contribution in [3.8, 4) is 0 Å². The summed E-state index contributed by atoms with van der Waals surface area (Å²) in [7, 11) is 0. The van der Waals surface area contributed by atoms with E-state index in [-0.39, 0.29) is 11.8 Å². The van der Waals surface area contributed by atoms with E-state index in [1.807, 2.05) is 73.3 Å². The van der Waals surface area contributed by atoms with E-state index < -0.39 is 11.9 Å². The summed E-state index contributed by atoms with van der Waals surface area (Å²) >= 11 is 0. The van der Waals surface area contributed by atoms with E-state index in [2.05, 4.69) is 10.2 Å². The van der Waals surface area contributed by atoms with Gasteiger partial charge in [-0.15, -0.1) is 0 Å². The van der Waals surface area contributed by atoms with E-state index in [9.17, 15) is 9.59 Å². The summed E-state index contributed by atoms with van der Waals surface area (Å²) in [5.41, 5.74) is 7.14. The van der Waals surface area contributed by atoms with Crippen molar-refractivity contribution in [2.75, 3.05) is 31.5 Å². The van der Waals surface area contributed by atoms with Gasteiger partial charge in [-0.2, -0.15) is 0 Å². The van der Waals surface area contributed by atoms with E-state index in [0.29, 0.717) is 36.8 Å². The Morgan fingerprint density at radius 1 is 0.970 bits per heavy atom. The summed E-state index contributed by atoms with van der Waals surface area (Å²) in [6.45, 7) is 7.26. The molecule has 4 rings (SSSR count). The van der Waals surface area contributed by atoms with Crippen LogP contribution in [0.25, 0.3) is 10.9 Å². The molecule has 0 aliphatic carbocycles. The SMILES string of the molecule is CC(C)[C@H](Nc1nc(CN2CCN(C(=O)c3ccccc3)CC2)nc2ccccc12)C(N)=O. The Kier molecular flexibility index (Phi) is 6.84. The molecule has 1 aliphatic rings. The smallest absolute Gasteiger partial charge is 0.253 e. The highest BCUT2D eigenvalue weighted by Crippen LogP contribution is 2.23. The van der Waals surface area contributed by atoms with Crippen LogP contribution in [0.2, 0.25) is 0 Å². The number of rotatable bonds is 7. The number of primary amides is 1. The molecule has 2 heterocycles. The zero-order valence-corrected chi connectivity index (χ0v) is 19.1. The number of para-hydroxylation sites is 1.